The van der Waals surface area contributed by atoms with Crippen LogP contribution in [0.2, 0.25) is 0 Å². The molecule has 0 radical (unpaired) electrons. The maximum absolute atomic E-state index is 5.69. The van der Waals surface area contributed by atoms with Gasteiger partial charge < -0.3 is 0 Å². The van der Waals surface area contributed by atoms with Crippen molar-refractivity contribution in [1.29, 1.82) is 0 Å². The summed E-state index contributed by atoms with van der Waals surface area (Å²) in [6, 6.07) is 8.62. The molecule has 3 rings (SSSR count). The number of benzene rings is 1. The van der Waals surface area contributed by atoms with Crippen LogP contribution in [0.4, 0.5) is 0 Å². The Morgan fingerprint density at radius 3 is 2.83 bits per heavy atom. The first-order chi connectivity index (χ1) is 8.78. The number of nitrogens with zero attached hydrogens (tertiary/aromatic N) is 2. The van der Waals surface area contributed by atoms with Crippen LogP contribution < -0.4 is 11.3 Å². The minimum Gasteiger partial charge on any atom is -0.275 e. The van der Waals surface area contributed by atoms with Crippen molar-refractivity contribution in [3.63, 3.8) is 0 Å². The minimum absolute atomic E-state index is 0.0305. The van der Waals surface area contributed by atoms with E-state index in [1.165, 1.54) is 36.0 Å². The van der Waals surface area contributed by atoms with Crippen molar-refractivity contribution >= 4 is 0 Å². The van der Waals surface area contributed by atoms with Gasteiger partial charge in [-0.25, -0.2) is 5.43 Å². The molecule has 0 fully saturated rings. The number of aryl methyl sites for hydroxylation is 3. The Hall–Kier alpha value is -1.65. The Kier molecular flexibility index (Phi) is 2.89. The van der Waals surface area contributed by atoms with Gasteiger partial charge in [0.15, 0.2) is 0 Å². The van der Waals surface area contributed by atoms with Crippen LogP contribution in [-0.2, 0) is 19.9 Å². The standard InChI is InChI=1S/C14H18N4/c1-18-8-7-13(17-18)14(16-15)12-6-5-10-3-2-4-11(10)9-12/h5-9,14,16H,2-4,15H2,1H3. The summed E-state index contributed by atoms with van der Waals surface area (Å²) in [5.41, 5.74) is 7.96. The second-order valence-electron chi connectivity index (χ2n) is 4.90. The lowest BCUT2D eigenvalue weighted by Gasteiger charge is -2.15. The van der Waals surface area contributed by atoms with Crippen molar-refractivity contribution in [3.05, 3.63) is 52.8 Å². The van der Waals surface area contributed by atoms with Gasteiger partial charge in [-0.2, -0.15) is 5.10 Å². The van der Waals surface area contributed by atoms with E-state index in [9.17, 15) is 0 Å². The zero-order chi connectivity index (χ0) is 12.5. The van der Waals surface area contributed by atoms with Gasteiger partial charge in [0.1, 0.15) is 0 Å². The van der Waals surface area contributed by atoms with Gasteiger partial charge in [0, 0.05) is 13.2 Å². The van der Waals surface area contributed by atoms with E-state index in [-0.39, 0.29) is 6.04 Å². The minimum atomic E-state index is -0.0305. The number of fused-ring (bicyclic) bond motifs is 1. The van der Waals surface area contributed by atoms with Gasteiger partial charge in [-0.05, 0) is 42.0 Å². The number of rotatable bonds is 3. The summed E-state index contributed by atoms with van der Waals surface area (Å²) in [5.74, 6) is 5.69. The molecule has 4 heteroatoms. The lowest BCUT2D eigenvalue weighted by atomic mass is 9.99. The van der Waals surface area contributed by atoms with E-state index in [0.29, 0.717) is 0 Å². The van der Waals surface area contributed by atoms with E-state index in [1.54, 1.807) is 4.68 Å². The highest BCUT2D eigenvalue weighted by atomic mass is 15.3. The molecule has 1 unspecified atom stereocenters. The van der Waals surface area contributed by atoms with Crippen molar-refractivity contribution in [3.8, 4) is 0 Å². The predicted octanol–water partition coefficient (Wildman–Crippen LogP) is 1.46. The van der Waals surface area contributed by atoms with Crippen LogP contribution in [-0.4, -0.2) is 9.78 Å². The van der Waals surface area contributed by atoms with Crippen molar-refractivity contribution in [2.45, 2.75) is 25.3 Å². The summed E-state index contributed by atoms with van der Waals surface area (Å²) in [6.45, 7) is 0. The number of hydrazine groups is 1. The zero-order valence-corrected chi connectivity index (χ0v) is 10.6. The number of nitrogens with one attached hydrogen (secondary N) is 1. The average molecular weight is 242 g/mol. The normalized spacial score (nSPS) is 15.7. The largest absolute Gasteiger partial charge is 0.275 e. The molecule has 0 saturated heterocycles. The number of aromatic nitrogens is 2. The van der Waals surface area contributed by atoms with Crippen LogP contribution in [0, 0.1) is 0 Å². The van der Waals surface area contributed by atoms with Gasteiger partial charge in [-0.3, -0.25) is 10.5 Å². The van der Waals surface area contributed by atoms with E-state index in [1.807, 2.05) is 19.3 Å². The summed E-state index contributed by atoms with van der Waals surface area (Å²) in [6.07, 6.45) is 5.60. The van der Waals surface area contributed by atoms with Gasteiger partial charge in [-0.15, -0.1) is 0 Å². The molecule has 0 saturated carbocycles. The molecule has 0 bridgehead atoms. The highest BCUT2D eigenvalue weighted by Gasteiger charge is 2.18. The van der Waals surface area contributed by atoms with Gasteiger partial charge in [0.2, 0.25) is 0 Å². The lowest BCUT2D eigenvalue weighted by molar-refractivity contribution is 0.603. The maximum atomic E-state index is 5.69. The Bertz CT molecular complexity index is 559. The summed E-state index contributed by atoms with van der Waals surface area (Å²) in [7, 11) is 1.92. The van der Waals surface area contributed by atoms with Gasteiger partial charge >= 0.3 is 0 Å². The predicted molar refractivity (Wildman–Crippen MR) is 70.8 cm³/mol. The van der Waals surface area contributed by atoms with E-state index in [2.05, 4.69) is 28.7 Å². The summed E-state index contributed by atoms with van der Waals surface area (Å²) in [5, 5.41) is 4.43. The summed E-state index contributed by atoms with van der Waals surface area (Å²) < 4.78 is 1.80. The Morgan fingerprint density at radius 1 is 1.28 bits per heavy atom. The fourth-order valence-electron chi connectivity index (χ4n) is 2.71. The van der Waals surface area contributed by atoms with Gasteiger partial charge in [0.05, 0.1) is 11.7 Å². The van der Waals surface area contributed by atoms with Crippen LogP contribution >= 0.6 is 0 Å². The van der Waals surface area contributed by atoms with E-state index in [4.69, 9.17) is 5.84 Å². The molecule has 1 atom stereocenters. The summed E-state index contributed by atoms with van der Waals surface area (Å²) >= 11 is 0. The smallest absolute Gasteiger partial charge is 0.0900 e. The summed E-state index contributed by atoms with van der Waals surface area (Å²) in [4.78, 5) is 0. The number of hydrogen-bond acceptors (Lipinski definition) is 3. The molecule has 1 aliphatic rings. The molecule has 0 aliphatic heterocycles. The highest BCUT2D eigenvalue weighted by molar-refractivity contribution is 5.38. The molecule has 1 aliphatic carbocycles. The van der Waals surface area contributed by atoms with E-state index < -0.39 is 0 Å². The lowest BCUT2D eigenvalue weighted by Crippen LogP contribution is -2.29. The molecule has 4 nitrogen and oxygen atoms in total. The Balaban J connectivity index is 1.96. The first-order valence-corrected chi connectivity index (χ1v) is 6.35. The number of hydrogen-bond donors (Lipinski definition) is 2. The molecule has 2 aromatic rings. The van der Waals surface area contributed by atoms with E-state index >= 15 is 0 Å². The van der Waals surface area contributed by atoms with Gasteiger partial charge in [-0.1, -0.05) is 18.2 Å². The van der Waals surface area contributed by atoms with Crippen molar-refractivity contribution < 1.29 is 0 Å². The maximum Gasteiger partial charge on any atom is 0.0900 e. The molecule has 94 valence electrons. The van der Waals surface area contributed by atoms with Crippen LogP contribution in [0.1, 0.15) is 34.8 Å². The molecule has 18 heavy (non-hydrogen) atoms. The molecule has 0 spiro atoms. The monoisotopic (exact) mass is 242 g/mol. The fourth-order valence-corrected chi connectivity index (χ4v) is 2.71. The van der Waals surface area contributed by atoms with Crippen molar-refractivity contribution in [2.24, 2.45) is 12.9 Å². The molecular weight excluding hydrogens is 224 g/mol. The third kappa shape index (κ3) is 1.94. The fraction of sp³-hybridized carbons (Fsp3) is 0.357. The number of nitrogens with two attached hydrogens (primary N) is 1. The van der Waals surface area contributed by atoms with Crippen molar-refractivity contribution in [2.75, 3.05) is 0 Å². The quantitative estimate of drug-likeness (QED) is 0.633. The topological polar surface area (TPSA) is 55.9 Å². The third-order valence-electron chi connectivity index (χ3n) is 3.65. The molecule has 1 aromatic heterocycles. The Labute approximate surface area is 107 Å². The van der Waals surface area contributed by atoms with Crippen molar-refractivity contribution in [1.82, 2.24) is 15.2 Å². The second kappa shape index (κ2) is 4.55. The zero-order valence-electron chi connectivity index (χ0n) is 10.6. The van der Waals surface area contributed by atoms with E-state index in [0.717, 1.165) is 5.69 Å². The Morgan fingerprint density at radius 2 is 2.11 bits per heavy atom. The van der Waals surface area contributed by atoms with Crippen LogP contribution in [0.3, 0.4) is 0 Å². The molecule has 1 heterocycles. The molecule has 3 N–H and O–H groups in total. The van der Waals surface area contributed by atoms with Crippen LogP contribution in [0.5, 0.6) is 0 Å². The van der Waals surface area contributed by atoms with Crippen LogP contribution in [0.15, 0.2) is 30.5 Å². The van der Waals surface area contributed by atoms with Gasteiger partial charge in [0.25, 0.3) is 0 Å². The highest BCUT2D eigenvalue weighted by Crippen LogP contribution is 2.27. The first-order valence-electron chi connectivity index (χ1n) is 6.35. The SMILES string of the molecule is Cn1ccc(C(NN)c2ccc3c(c2)CCC3)n1. The van der Waals surface area contributed by atoms with Crippen LogP contribution in [0.25, 0.3) is 0 Å². The molecular formula is C14H18N4. The molecule has 0 amide bonds. The first kappa shape index (κ1) is 11.4. The molecule has 1 aromatic carbocycles. The average Bonchev–Trinajstić information content (AvgIpc) is 2.99. The third-order valence-corrected chi connectivity index (χ3v) is 3.65. The second-order valence-corrected chi connectivity index (χ2v) is 4.90.